The van der Waals surface area contributed by atoms with Gasteiger partial charge in [-0.25, -0.2) is 4.79 Å². The third kappa shape index (κ3) is 3.52. The van der Waals surface area contributed by atoms with E-state index in [4.69, 9.17) is 27.8 Å². The number of nitrogens with two attached hydrogens (primary N) is 2. The maximum Gasteiger partial charge on any atom is 0.339 e. The highest BCUT2D eigenvalue weighted by atomic mass is 79.9. The van der Waals surface area contributed by atoms with Crippen molar-refractivity contribution in [2.45, 2.75) is 6.54 Å². The van der Waals surface area contributed by atoms with E-state index in [1.54, 1.807) is 30.3 Å². The van der Waals surface area contributed by atoms with Crippen molar-refractivity contribution in [1.82, 2.24) is 0 Å². The highest BCUT2D eigenvalue weighted by Crippen LogP contribution is 2.32. The standard InChI is InChI=1S/C15H15BrClN3O2/c1-22-15(21)10-3-2-9(17)5-13(10)20-14-6-11(16)8(7-18)4-12(14)19/h2-6,20H,7,18-19H2,1H3. The molecule has 0 heterocycles. The van der Waals surface area contributed by atoms with Gasteiger partial charge in [-0.3, -0.25) is 0 Å². The van der Waals surface area contributed by atoms with E-state index in [0.717, 1.165) is 10.0 Å². The van der Waals surface area contributed by atoms with E-state index in [9.17, 15) is 4.79 Å². The average Bonchev–Trinajstić information content (AvgIpc) is 2.50. The minimum Gasteiger partial charge on any atom is -0.465 e. The minimum absolute atomic E-state index is 0.366. The Balaban J connectivity index is 2.45. The summed E-state index contributed by atoms with van der Waals surface area (Å²) in [5.41, 5.74) is 14.6. The number of halogens is 2. The summed E-state index contributed by atoms with van der Waals surface area (Å²) in [5, 5.41) is 3.60. The Labute approximate surface area is 141 Å². The van der Waals surface area contributed by atoms with Crippen molar-refractivity contribution in [3.63, 3.8) is 0 Å². The monoisotopic (exact) mass is 383 g/mol. The molecule has 2 aromatic rings. The smallest absolute Gasteiger partial charge is 0.339 e. The van der Waals surface area contributed by atoms with E-state index < -0.39 is 5.97 Å². The lowest BCUT2D eigenvalue weighted by atomic mass is 10.1. The van der Waals surface area contributed by atoms with Gasteiger partial charge in [-0.15, -0.1) is 0 Å². The predicted molar refractivity (Wildman–Crippen MR) is 92.5 cm³/mol. The number of hydrogen-bond donors (Lipinski definition) is 3. The molecule has 0 aliphatic carbocycles. The second-order valence-corrected chi connectivity index (χ2v) is 5.83. The molecule has 7 heteroatoms. The number of carbonyl (C=O) groups excluding carboxylic acids is 1. The number of esters is 1. The quantitative estimate of drug-likeness (QED) is 0.552. The van der Waals surface area contributed by atoms with Crippen LogP contribution in [-0.2, 0) is 11.3 Å². The van der Waals surface area contributed by atoms with E-state index in [-0.39, 0.29) is 0 Å². The number of hydrogen-bond acceptors (Lipinski definition) is 5. The molecule has 0 bridgehead atoms. The molecule has 116 valence electrons. The third-order valence-electron chi connectivity index (χ3n) is 3.09. The molecule has 0 spiro atoms. The molecule has 5 N–H and O–H groups in total. The molecular weight excluding hydrogens is 370 g/mol. The van der Waals surface area contributed by atoms with E-state index in [1.807, 2.05) is 0 Å². The van der Waals surface area contributed by atoms with Crippen LogP contribution in [0.1, 0.15) is 15.9 Å². The molecule has 0 saturated heterocycles. The van der Waals surface area contributed by atoms with Crippen molar-refractivity contribution in [1.29, 1.82) is 0 Å². The van der Waals surface area contributed by atoms with Crippen molar-refractivity contribution >= 4 is 50.6 Å². The first-order valence-electron chi connectivity index (χ1n) is 6.39. The van der Waals surface area contributed by atoms with Crippen LogP contribution in [0.3, 0.4) is 0 Å². The van der Waals surface area contributed by atoms with Gasteiger partial charge in [0.1, 0.15) is 0 Å². The van der Waals surface area contributed by atoms with E-state index in [2.05, 4.69) is 21.2 Å². The van der Waals surface area contributed by atoms with Crippen molar-refractivity contribution in [3.8, 4) is 0 Å². The lowest BCUT2D eigenvalue weighted by molar-refractivity contribution is 0.0602. The molecule has 2 aromatic carbocycles. The summed E-state index contributed by atoms with van der Waals surface area (Å²) in [7, 11) is 1.32. The van der Waals surface area contributed by atoms with Gasteiger partial charge < -0.3 is 21.5 Å². The molecule has 0 atom stereocenters. The maximum absolute atomic E-state index is 11.8. The Morgan fingerprint density at radius 1 is 1.32 bits per heavy atom. The van der Waals surface area contributed by atoms with Gasteiger partial charge in [-0.2, -0.15) is 0 Å². The van der Waals surface area contributed by atoms with Gasteiger partial charge in [-0.1, -0.05) is 27.5 Å². The highest BCUT2D eigenvalue weighted by Gasteiger charge is 2.14. The molecule has 0 amide bonds. The van der Waals surface area contributed by atoms with E-state index in [1.165, 1.54) is 7.11 Å². The zero-order valence-electron chi connectivity index (χ0n) is 11.8. The Morgan fingerprint density at radius 3 is 2.68 bits per heavy atom. The van der Waals surface area contributed by atoms with Crippen LogP contribution in [0.2, 0.25) is 5.02 Å². The van der Waals surface area contributed by atoms with Crippen LogP contribution in [-0.4, -0.2) is 13.1 Å². The van der Waals surface area contributed by atoms with Crippen LogP contribution in [0, 0.1) is 0 Å². The lowest BCUT2D eigenvalue weighted by Gasteiger charge is -2.15. The Hall–Kier alpha value is -1.76. The van der Waals surface area contributed by atoms with E-state index in [0.29, 0.717) is 34.2 Å². The lowest BCUT2D eigenvalue weighted by Crippen LogP contribution is -2.07. The van der Waals surface area contributed by atoms with Crippen LogP contribution in [0.25, 0.3) is 0 Å². The first-order chi connectivity index (χ1) is 10.5. The molecular formula is C15H15BrClN3O2. The summed E-state index contributed by atoms with van der Waals surface area (Å²) < 4.78 is 5.59. The normalized spacial score (nSPS) is 10.4. The number of nitrogens with one attached hydrogen (secondary N) is 1. The molecule has 0 aromatic heterocycles. The number of carbonyl (C=O) groups is 1. The fourth-order valence-corrected chi connectivity index (χ4v) is 2.63. The summed E-state index contributed by atoms with van der Waals surface area (Å²) in [6.07, 6.45) is 0. The number of anilines is 3. The SMILES string of the molecule is COC(=O)c1ccc(Cl)cc1Nc1cc(Br)c(CN)cc1N. The number of benzene rings is 2. The van der Waals surface area contributed by atoms with Crippen molar-refractivity contribution in [2.75, 3.05) is 18.2 Å². The highest BCUT2D eigenvalue weighted by molar-refractivity contribution is 9.10. The van der Waals surface area contributed by atoms with Crippen molar-refractivity contribution in [3.05, 3.63) is 51.0 Å². The molecule has 22 heavy (non-hydrogen) atoms. The molecule has 0 aliphatic heterocycles. The molecule has 0 unspecified atom stereocenters. The zero-order valence-corrected chi connectivity index (χ0v) is 14.2. The predicted octanol–water partition coefficient (Wildman–Crippen LogP) is 3.67. The third-order valence-corrected chi connectivity index (χ3v) is 4.07. The fraction of sp³-hybridized carbons (Fsp3) is 0.133. The first kappa shape index (κ1) is 16.6. The summed E-state index contributed by atoms with van der Waals surface area (Å²) >= 11 is 9.44. The van der Waals surface area contributed by atoms with Gasteiger partial charge >= 0.3 is 5.97 Å². The van der Waals surface area contributed by atoms with Gasteiger partial charge in [0.05, 0.1) is 29.7 Å². The Kier molecular flexibility index (Phi) is 5.28. The number of nitrogen functional groups attached to an aromatic ring is 1. The van der Waals surface area contributed by atoms with Crippen LogP contribution in [0.5, 0.6) is 0 Å². The zero-order chi connectivity index (χ0) is 16.3. The Bertz CT molecular complexity index is 722. The van der Waals surface area contributed by atoms with Crippen LogP contribution in [0.4, 0.5) is 17.1 Å². The number of rotatable bonds is 4. The summed E-state index contributed by atoms with van der Waals surface area (Å²) in [4.78, 5) is 11.8. The second-order valence-electron chi connectivity index (χ2n) is 4.54. The minimum atomic E-state index is -0.463. The van der Waals surface area contributed by atoms with Gasteiger partial charge in [0.2, 0.25) is 0 Å². The largest absolute Gasteiger partial charge is 0.465 e. The van der Waals surface area contributed by atoms with Crippen LogP contribution < -0.4 is 16.8 Å². The maximum atomic E-state index is 11.8. The number of ether oxygens (including phenoxy) is 1. The molecule has 0 aliphatic rings. The summed E-state index contributed by atoms with van der Waals surface area (Å²) in [6, 6.07) is 8.43. The topological polar surface area (TPSA) is 90.4 Å². The second kappa shape index (κ2) is 7.00. The van der Waals surface area contributed by atoms with Crippen molar-refractivity contribution < 1.29 is 9.53 Å². The molecule has 0 radical (unpaired) electrons. The van der Waals surface area contributed by atoms with Gasteiger partial charge in [0, 0.05) is 16.0 Å². The van der Waals surface area contributed by atoms with Gasteiger partial charge in [0.25, 0.3) is 0 Å². The fourth-order valence-electron chi connectivity index (χ4n) is 1.95. The molecule has 0 saturated carbocycles. The summed E-state index contributed by atoms with van der Waals surface area (Å²) in [5.74, 6) is -0.463. The van der Waals surface area contributed by atoms with Crippen LogP contribution >= 0.6 is 27.5 Å². The first-order valence-corrected chi connectivity index (χ1v) is 7.56. The van der Waals surface area contributed by atoms with E-state index >= 15 is 0 Å². The Morgan fingerprint density at radius 2 is 2.05 bits per heavy atom. The van der Waals surface area contributed by atoms with Crippen LogP contribution in [0.15, 0.2) is 34.8 Å². The molecule has 0 fully saturated rings. The number of methoxy groups -OCH3 is 1. The summed E-state index contributed by atoms with van der Waals surface area (Å²) in [6.45, 7) is 0.371. The van der Waals surface area contributed by atoms with Gasteiger partial charge in [0.15, 0.2) is 0 Å². The molecule has 2 rings (SSSR count). The average molecular weight is 385 g/mol. The van der Waals surface area contributed by atoms with Crippen molar-refractivity contribution in [2.24, 2.45) is 5.73 Å². The van der Waals surface area contributed by atoms with Gasteiger partial charge in [-0.05, 0) is 35.9 Å². The molecule has 5 nitrogen and oxygen atoms in total.